The van der Waals surface area contributed by atoms with Crippen molar-refractivity contribution in [1.82, 2.24) is 0 Å². The molecule has 0 radical (unpaired) electrons. The molecule has 1 N–H and O–H groups in total. The van der Waals surface area contributed by atoms with Gasteiger partial charge in [0.25, 0.3) is 0 Å². The van der Waals surface area contributed by atoms with Crippen LogP contribution in [0.15, 0.2) is 47.4 Å². The summed E-state index contributed by atoms with van der Waals surface area (Å²) in [6, 6.07) is 8.58. The number of benzene rings is 2. The molecule has 1 atom stereocenters. The highest BCUT2D eigenvalue weighted by atomic mass is 32.2. The molecule has 2 rings (SSSR count). The summed E-state index contributed by atoms with van der Waals surface area (Å²) in [6.45, 7) is 1.05. The molecule has 0 aliphatic rings. The summed E-state index contributed by atoms with van der Waals surface area (Å²) in [5.74, 6) is -2.14. The first-order chi connectivity index (χ1) is 13.0. The predicted molar refractivity (Wildman–Crippen MR) is 94.8 cm³/mol. The molecule has 0 fully saturated rings. The molecule has 0 aliphatic carbocycles. The standard InChI is InChI=1S/C18H13F4N2O3S/c1-17(26,10-28-14-6-3-12(19)4-7-14)16(25)24(27)13-5-2-11(9-23)15(8-13)18(20,21)22/h2-8,26H,10H2,1H3/q-1. The molecule has 0 saturated heterocycles. The first-order valence-electron chi connectivity index (χ1n) is 7.69. The van der Waals surface area contributed by atoms with Crippen LogP contribution in [-0.2, 0) is 11.0 Å². The van der Waals surface area contributed by atoms with Crippen molar-refractivity contribution in [3.05, 3.63) is 64.6 Å². The number of rotatable bonds is 5. The topological polar surface area (TPSA) is 87.4 Å². The van der Waals surface area contributed by atoms with Crippen molar-refractivity contribution < 1.29 is 27.5 Å². The number of thioether (sulfide) groups is 1. The number of alkyl halides is 3. The van der Waals surface area contributed by atoms with Crippen LogP contribution in [-0.4, -0.2) is 22.4 Å². The quantitative estimate of drug-likeness (QED) is 0.453. The maximum atomic E-state index is 13.0. The van der Waals surface area contributed by atoms with Crippen molar-refractivity contribution in [2.45, 2.75) is 23.6 Å². The third kappa shape index (κ3) is 5.01. The van der Waals surface area contributed by atoms with Crippen LogP contribution in [0.1, 0.15) is 18.1 Å². The summed E-state index contributed by atoms with van der Waals surface area (Å²) in [4.78, 5) is 12.8. The van der Waals surface area contributed by atoms with Gasteiger partial charge >= 0.3 is 6.18 Å². The minimum Gasteiger partial charge on any atom is -0.752 e. The Labute approximate surface area is 161 Å². The third-order valence-corrected chi connectivity index (χ3v) is 4.95. The van der Waals surface area contributed by atoms with E-state index in [4.69, 9.17) is 5.26 Å². The number of nitrogens with zero attached hydrogens (tertiary/aromatic N) is 2. The second-order valence-electron chi connectivity index (χ2n) is 5.96. The number of carbonyl (C=O) groups excluding carboxylic acids is 1. The molecule has 148 valence electrons. The maximum absolute atomic E-state index is 13.0. The van der Waals surface area contributed by atoms with Gasteiger partial charge in [-0.05, 0) is 49.4 Å². The molecule has 0 bridgehead atoms. The zero-order valence-corrected chi connectivity index (χ0v) is 15.1. The van der Waals surface area contributed by atoms with Crippen molar-refractivity contribution in [1.29, 1.82) is 5.26 Å². The van der Waals surface area contributed by atoms with Crippen molar-refractivity contribution in [2.75, 3.05) is 10.8 Å². The number of hydrogen-bond donors (Lipinski definition) is 1. The minimum absolute atomic E-state index is 0.293. The summed E-state index contributed by atoms with van der Waals surface area (Å²) in [5, 5.41) is 30.9. The first-order valence-corrected chi connectivity index (χ1v) is 8.68. The number of hydrogen-bond acceptors (Lipinski definition) is 5. The van der Waals surface area contributed by atoms with Gasteiger partial charge in [-0.25, -0.2) is 4.39 Å². The van der Waals surface area contributed by atoms with Crippen molar-refractivity contribution in [3.63, 3.8) is 0 Å². The molecule has 5 nitrogen and oxygen atoms in total. The highest BCUT2D eigenvalue weighted by Gasteiger charge is 2.36. The van der Waals surface area contributed by atoms with Gasteiger partial charge in [0.1, 0.15) is 11.4 Å². The Morgan fingerprint density at radius 2 is 1.86 bits per heavy atom. The fraction of sp³-hybridized carbons (Fsp3) is 0.222. The summed E-state index contributed by atoms with van der Waals surface area (Å²) in [5.41, 5.74) is -4.92. The lowest BCUT2D eigenvalue weighted by molar-refractivity contribution is -0.138. The second kappa shape index (κ2) is 8.18. The molecule has 10 heteroatoms. The van der Waals surface area contributed by atoms with E-state index in [9.17, 15) is 32.7 Å². The zero-order valence-electron chi connectivity index (χ0n) is 14.3. The number of carbonyl (C=O) groups is 1. The first kappa shape index (κ1) is 21.7. The van der Waals surface area contributed by atoms with Crippen LogP contribution in [0.4, 0.5) is 23.2 Å². The van der Waals surface area contributed by atoms with Crippen LogP contribution >= 0.6 is 11.8 Å². The Kier molecular flexibility index (Phi) is 6.34. The van der Waals surface area contributed by atoms with Gasteiger partial charge in [-0.15, -0.1) is 11.8 Å². The average molecular weight is 413 g/mol. The van der Waals surface area contributed by atoms with E-state index in [2.05, 4.69) is 0 Å². The molecule has 0 heterocycles. The highest BCUT2D eigenvalue weighted by molar-refractivity contribution is 7.99. The van der Waals surface area contributed by atoms with Crippen LogP contribution in [0, 0.1) is 22.4 Å². The molecule has 0 aliphatic heterocycles. The second-order valence-corrected chi connectivity index (χ2v) is 7.00. The summed E-state index contributed by atoms with van der Waals surface area (Å²) >= 11 is 0.964. The molecule has 1 unspecified atom stereocenters. The lowest BCUT2D eigenvalue weighted by Crippen LogP contribution is -2.46. The van der Waals surface area contributed by atoms with E-state index in [1.807, 2.05) is 0 Å². The van der Waals surface area contributed by atoms with Crippen molar-refractivity contribution in [3.8, 4) is 6.07 Å². The number of aliphatic hydroxyl groups is 1. The number of amides is 1. The predicted octanol–water partition coefficient (Wildman–Crippen LogP) is 4.09. The van der Waals surface area contributed by atoms with E-state index >= 15 is 0 Å². The van der Waals surface area contributed by atoms with Gasteiger partial charge in [0.15, 0.2) is 0 Å². The number of halogens is 4. The van der Waals surface area contributed by atoms with Crippen LogP contribution in [0.3, 0.4) is 0 Å². The maximum Gasteiger partial charge on any atom is 0.417 e. The van der Waals surface area contributed by atoms with E-state index in [1.54, 1.807) is 0 Å². The third-order valence-electron chi connectivity index (χ3n) is 3.64. The van der Waals surface area contributed by atoms with Crippen molar-refractivity contribution in [2.24, 2.45) is 0 Å². The Bertz CT molecular complexity index is 909. The van der Waals surface area contributed by atoms with Gasteiger partial charge < -0.3 is 15.4 Å². The highest BCUT2D eigenvalue weighted by Crippen LogP contribution is 2.35. The molecular weight excluding hydrogens is 400 g/mol. The monoisotopic (exact) mass is 413 g/mol. The van der Waals surface area contributed by atoms with Gasteiger partial charge in [-0.2, -0.15) is 18.4 Å². The number of nitriles is 1. The van der Waals surface area contributed by atoms with Gasteiger partial charge in [0.2, 0.25) is 5.91 Å². The summed E-state index contributed by atoms with van der Waals surface area (Å²) in [7, 11) is 0. The van der Waals surface area contributed by atoms with Crippen LogP contribution < -0.4 is 5.06 Å². The van der Waals surface area contributed by atoms with Gasteiger partial charge in [0.05, 0.1) is 17.2 Å². The number of hydroxylamine groups is 1. The normalized spacial score (nSPS) is 13.5. The fourth-order valence-electron chi connectivity index (χ4n) is 2.14. The van der Waals surface area contributed by atoms with Gasteiger partial charge in [0, 0.05) is 16.3 Å². The molecule has 28 heavy (non-hydrogen) atoms. The zero-order chi connectivity index (χ0) is 21.1. The molecule has 0 aromatic heterocycles. The van der Waals surface area contributed by atoms with E-state index in [1.165, 1.54) is 30.3 Å². The molecule has 2 aromatic carbocycles. The molecule has 0 saturated carbocycles. The largest absolute Gasteiger partial charge is 0.752 e. The van der Waals surface area contributed by atoms with E-state index in [-0.39, 0.29) is 10.8 Å². The summed E-state index contributed by atoms with van der Waals surface area (Å²) < 4.78 is 51.9. The lowest BCUT2D eigenvalue weighted by Gasteiger charge is -2.35. The van der Waals surface area contributed by atoms with Gasteiger partial charge in [-0.1, -0.05) is 0 Å². The van der Waals surface area contributed by atoms with Crippen molar-refractivity contribution >= 4 is 23.4 Å². The molecule has 0 spiro atoms. The Morgan fingerprint density at radius 1 is 1.25 bits per heavy atom. The van der Waals surface area contributed by atoms with E-state index < -0.39 is 40.3 Å². The summed E-state index contributed by atoms with van der Waals surface area (Å²) in [6.07, 6.45) is -4.90. The number of anilines is 1. The van der Waals surface area contributed by atoms with Crippen LogP contribution in [0.25, 0.3) is 0 Å². The molecule has 2 aromatic rings. The Morgan fingerprint density at radius 3 is 2.39 bits per heavy atom. The van der Waals surface area contributed by atoms with E-state index in [0.29, 0.717) is 11.0 Å². The van der Waals surface area contributed by atoms with Crippen LogP contribution in [0.5, 0.6) is 0 Å². The average Bonchev–Trinajstić information content (AvgIpc) is 2.65. The smallest absolute Gasteiger partial charge is 0.417 e. The minimum atomic E-state index is -4.90. The molecule has 1 amide bonds. The SMILES string of the molecule is CC(O)(CSc1ccc(F)cc1)C(=O)N([O-])c1ccc(C#N)c(C(F)(F)F)c1. The molecular formula is C18H13F4N2O3S-. The van der Waals surface area contributed by atoms with Gasteiger partial charge in [-0.3, -0.25) is 4.79 Å². The Balaban J connectivity index is 2.20. The lowest BCUT2D eigenvalue weighted by atomic mass is 10.1. The fourth-order valence-corrected chi connectivity index (χ4v) is 3.04. The van der Waals surface area contributed by atoms with E-state index in [0.717, 1.165) is 30.8 Å². The Hall–Kier alpha value is -2.61. The van der Waals surface area contributed by atoms with Crippen LogP contribution in [0.2, 0.25) is 0 Å².